The highest BCUT2D eigenvalue weighted by Gasteiger charge is 2.22. The maximum absolute atomic E-state index is 12.5. The van der Waals surface area contributed by atoms with Gasteiger partial charge in [0.05, 0.1) is 6.04 Å². The number of piperidine rings is 1. The summed E-state index contributed by atoms with van der Waals surface area (Å²) in [6.45, 7) is 0.947. The molecule has 1 aromatic heterocycles. The highest BCUT2D eigenvalue weighted by Crippen LogP contribution is 2.21. The van der Waals surface area contributed by atoms with E-state index in [0.717, 1.165) is 35.7 Å². The molecule has 3 nitrogen and oxygen atoms in total. The quantitative estimate of drug-likeness (QED) is 0.820. The molecule has 0 saturated carbocycles. The molecule has 1 aliphatic rings. The van der Waals surface area contributed by atoms with Gasteiger partial charge in [0.15, 0.2) is 5.78 Å². The van der Waals surface area contributed by atoms with Crippen LogP contribution in [0, 0.1) is 0 Å². The van der Waals surface area contributed by atoms with Gasteiger partial charge in [0.1, 0.15) is 0 Å². The van der Waals surface area contributed by atoms with Gasteiger partial charge < -0.3 is 5.32 Å². The first-order valence-corrected chi connectivity index (χ1v) is 6.46. The van der Waals surface area contributed by atoms with Gasteiger partial charge >= 0.3 is 0 Å². The Bertz CT molecular complexity index is 568. The minimum atomic E-state index is -0.0162. The van der Waals surface area contributed by atoms with Crippen LogP contribution in [0.4, 0.5) is 0 Å². The Morgan fingerprint density at radius 3 is 3.06 bits per heavy atom. The fourth-order valence-electron chi connectivity index (χ4n) is 2.60. The van der Waals surface area contributed by atoms with Gasteiger partial charge in [-0.3, -0.25) is 9.78 Å². The molecule has 3 rings (SSSR count). The Kier molecular flexibility index (Phi) is 3.07. The second-order valence-electron chi connectivity index (χ2n) is 4.77. The van der Waals surface area contributed by atoms with Crippen LogP contribution in [-0.2, 0) is 0 Å². The first kappa shape index (κ1) is 11.4. The number of pyridine rings is 1. The molecule has 0 aliphatic carbocycles. The molecule has 1 fully saturated rings. The number of benzene rings is 1. The van der Waals surface area contributed by atoms with Crippen molar-refractivity contribution in [2.24, 2.45) is 0 Å². The molecule has 1 aromatic carbocycles. The average Bonchev–Trinajstić information content (AvgIpc) is 2.47. The van der Waals surface area contributed by atoms with Crippen molar-refractivity contribution in [3.63, 3.8) is 0 Å². The summed E-state index contributed by atoms with van der Waals surface area (Å²) in [4.78, 5) is 16.6. The van der Waals surface area contributed by atoms with Crippen LogP contribution in [0.2, 0.25) is 0 Å². The Morgan fingerprint density at radius 2 is 2.22 bits per heavy atom. The number of nitrogens with zero attached hydrogens (tertiary/aromatic N) is 1. The molecule has 0 spiro atoms. The van der Waals surface area contributed by atoms with Crippen LogP contribution < -0.4 is 5.32 Å². The first-order chi connectivity index (χ1) is 8.86. The molecule has 1 aliphatic heterocycles. The average molecular weight is 240 g/mol. The van der Waals surface area contributed by atoms with Gasteiger partial charge in [0, 0.05) is 23.3 Å². The molecular formula is C15H16N2O. The molecule has 1 N–H and O–H groups in total. The van der Waals surface area contributed by atoms with Crippen LogP contribution in [0.5, 0.6) is 0 Å². The summed E-state index contributed by atoms with van der Waals surface area (Å²) in [5, 5.41) is 5.35. The van der Waals surface area contributed by atoms with Crippen LogP contribution in [0.25, 0.3) is 10.8 Å². The Labute approximate surface area is 106 Å². The third-order valence-electron chi connectivity index (χ3n) is 3.57. The predicted molar refractivity (Wildman–Crippen MR) is 71.7 cm³/mol. The van der Waals surface area contributed by atoms with Crippen molar-refractivity contribution in [3.05, 3.63) is 42.2 Å². The minimum Gasteiger partial charge on any atom is -0.307 e. The maximum atomic E-state index is 12.5. The van der Waals surface area contributed by atoms with E-state index >= 15 is 0 Å². The van der Waals surface area contributed by atoms with Crippen molar-refractivity contribution in [1.82, 2.24) is 10.3 Å². The molecule has 1 unspecified atom stereocenters. The molecule has 18 heavy (non-hydrogen) atoms. The number of carbonyl (C=O) groups excluding carboxylic acids is 1. The predicted octanol–water partition coefficient (Wildman–Crippen LogP) is 2.56. The highest BCUT2D eigenvalue weighted by atomic mass is 16.1. The van der Waals surface area contributed by atoms with E-state index in [2.05, 4.69) is 10.3 Å². The van der Waals surface area contributed by atoms with Crippen molar-refractivity contribution in [2.45, 2.75) is 25.3 Å². The number of hydrogen-bond acceptors (Lipinski definition) is 3. The Balaban J connectivity index is 2.00. The maximum Gasteiger partial charge on any atom is 0.180 e. The lowest BCUT2D eigenvalue weighted by molar-refractivity contribution is 0.0929. The van der Waals surface area contributed by atoms with E-state index in [1.54, 1.807) is 12.4 Å². The van der Waals surface area contributed by atoms with Crippen molar-refractivity contribution in [3.8, 4) is 0 Å². The highest BCUT2D eigenvalue weighted by molar-refractivity contribution is 6.10. The molecular weight excluding hydrogens is 224 g/mol. The second-order valence-corrected chi connectivity index (χ2v) is 4.77. The fraction of sp³-hybridized carbons (Fsp3) is 0.333. The van der Waals surface area contributed by atoms with Gasteiger partial charge in [-0.2, -0.15) is 0 Å². The summed E-state index contributed by atoms with van der Waals surface area (Å²) >= 11 is 0. The largest absolute Gasteiger partial charge is 0.307 e. The van der Waals surface area contributed by atoms with E-state index in [1.165, 1.54) is 6.42 Å². The van der Waals surface area contributed by atoms with Crippen LogP contribution in [0.15, 0.2) is 36.7 Å². The van der Waals surface area contributed by atoms with Crippen LogP contribution in [0.3, 0.4) is 0 Å². The molecule has 2 heterocycles. The van der Waals surface area contributed by atoms with Gasteiger partial charge in [-0.25, -0.2) is 0 Å². The van der Waals surface area contributed by atoms with E-state index in [9.17, 15) is 4.79 Å². The number of carbonyl (C=O) groups is 1. The molecule has 1 saturated heterocycles. The van der Waals surface area contributed by atoms with E-state index in [-0.39, 0.29) is 11.8 Å². The summed E-state index contributed by atoms with van der Waals surface area (Å²) in [5.41, 5.74) is 0.814. The van der Waals surface area contributed by atoms with Crippen LogP contribution in [-0.4, -0.2) is 23.4 Å². The normalized spacial score (nSPS) is 19.9. The van der Waals surface area contributed by atoms with Gasteiger partial charge in [0.25, 0.3) is 0 Å². The minimum absolute atomic E-state index is 0.0162. The van der Waals surface area contributed by atoms with Gasteiger partial charge in [0.2, 0.25) is 0 Å². The lowest BCUT2D eigenvalue weighted by Crippen LogP contribution is -2.40. The standard InChI is InChI=1S/C15H16N2O/c18-15(14-6-1-2-8-17-14)13-5-3-4-11-10-16-9-7-12(11)13/h3-5,7,9-10,14,17H,1-2,6,8H2. The molecule has 2 aromatic rings. The number of aromatic nitrogens is 1. The van der Waals surface area contributed by atoms with E-state index in [1.807, 2.05) is 24.3 Å². The third-order valence-corrected chi connectivity index (χ3v) is 3.57. The lowest BCUT2D eigenvalue weighted by atomic mass is 9.94. The SMILES string of the molecule is O=C(c1cccc2cnccc12)C1CCCCN1. The van der Waals surface area contributed by atoms with Gasteiger partial charge in [-0.1, -0.05) is 24.6 Å². The van der Waals surface area contributed by atoms with Crippen molar-refractivity contribution in [2.75, 3.05) is 6.54 Å². The zero-order valence-corrected chi connectivity index (χ0v) is 10.2. The van der Waals surface area contributed by atoms with Crippen LogP contribution in [0.1, 0.15) is 29.6 Å². The zero-order chi connectivity index (χ0) is 12.4. The molecule has 0 amide bonds. The number of hydrogen-bond donors (Lipinski definition) is 1. The fourth-order valence-corrected chi connectivity index (χ4v) is 2.60. The van der Waals surface area contributed by atoms with E-state index in [0.29, 0.717) is 0 Å². The van der Waals surface area contributed by atoms with E-state index in [4.69, 9.17) is 0 Å². The molecule has 3 heteroatoms. The molecule has 0 bridgehead atoms. The summed E-state index contributed by atoms with van der Waals surface area (Å²) < 4.78 is 0. The van der Waals surface area contributed by atoms with Crippen molar-refractivity contribution < 1.29 is 4.79 Å². The summed E-state index contributed by atoms with van der Waals surface area (Å²) in [7, 11) is 0. The molecule has 92 valence electrons. The summed E-state index contributed by atoms with van der Waals surface area (Å²) in [6.07, 6.45) is 6.80. The van der Waals surface area contributed by atoms with Crippen molar-refractivity contribution in [1.29, 1.82) is 0 Å². The first-order valence-electron chi connectivity index (χ1n) is 6.46. The third kappa shape index (κ3) is 2.02. The lowest BCUT2D eigenvalue weighted by Gasteiger charge is -2.22. The summed E-state index contributed by atoms with van der Waals surface area (Å²) in [5.74, 6) is 0.214. The smallest absolute Gasteiger partial charge is 0.180 e. The second kappa shape index (κ2) is 4.86. The van der Waals surface area contributed by atoms with Crippen molar-refractivity contribution >= 4 is 16.6 Å². The number of ketones is 1. The number of nitrogens with one attached hydrogen (secondary N) is 1. The molecule has 0 radical (unpaired) electrons. The number of rotatable bonds is 2. The molecule has 1 atom stereocenters. The zero-order valence-electron chi connectivity index (χ0n) is 10.2. The Morgan fingerprint density at radius 1 is 1.28 bits per heavy atom. The Hall–Kier alpha value is -1.74. The summed E-state index contributed by atoms with van der Waals surface area (Å²) in [6, 6.07) is 7.75. The van der Waals surface area contributed by atoms with Gasteiger partial charge in [-0.15, -0.1) is 0 Å². The number of fused-ring (bicyclic) bond motifs is 1. The monoisotopic (exact) mass is 240 g/mol. The van der Waals surface area contributed by atoms with Gasteiger partial charge in [-0.05, 0) is 30.8 Å². The topological polar surface area (TPSA) is 42.0 Å². The number of Topliss-reactive ketones (excluding diaryl/α,β-unsaturated/α-hetero) is 1. The van der Waals surface area contributed by atoms with E-state index < -0.39 is 0 Å². The van der Waals surface area contributed by atoms with Crippen LogP contribution >= 0.6 is 0 Å².